The molecule has 0 fully saturated rings. The van der Waals surface area contributed by atoms with Crippen LogP contribution >= 0.6 is 0 Å². The van der Waals surface area contributed by atoms with Crippen LogP contribution in [0, 0.1) is 6.92 Å². The third-order valence-corrected chi connectivity index (χ3v) is 3.10. The highest BCUT2D eigenvalue weighted by molar-refractivity contribution is 5.53. The Morgan fingerprint density at radius 1 is 1.32 bits per heavy atom. The van der Waals surface area contributed by atoms with Crippen molar-refractivity contribution in [2.75, 3.05) is 6.54 Å². The van der Waals surface area contributed by atoms with Crippen LogP contribution in [0.15, 0.2) is 30.7 Å². The number of hydrogen-bond donors (Lipinski definition) is 1. The van der Waals surface area contributed by atoms with Crippen LogP contribution in [0.3, 0.4) is 0 Å². The van der Waals surface area contributed by atoms with Crippen molar-refractivity contribution in [2.24, 2.45) is 0 Å². The van der Waals surface area contributed by atoms with Crippen molar-refractivity contribution < 1.29 is 0 Å². The van der Waals surface area contributed by atoms with Gasteiger partial charge in [0.1, 0.15) is 0 Å². The van der Waals surface area contributed by atoms with Crippen LogP contribution in [0.4, 0.5) is 0 Å². The number of nitrogens with one attached hydrogen (secondary N) is 1. The second kappa shape index (κ2) is 6.38. The van der Waals surface area contributed by atoms with E-state index >= 15 is 0 Å². The molecule has 0 saturated carbocycles. The van der Waals surface area contributed by atoms with E-state index in [0.717, 1.165) is 35.6 Å². The van der Waals surface area contributed by atoms with E-state index in [1.807, 2.05) is 25.3 Å². The number of hydrogen-bond acceptors (Lipinski definition) is 4. The average Bonchev–Trinajstić information content (AvgIpc) is 2.45. The van der Waals surface area contributed by atoms with Gasteiger partial charge in [-0.3, -0.25) is 4.98 Å². The summed E-state index contributed by atoms with van der Waals surface area (Å²) in [5, 5.41) is 3.46. The van der Waals surface area contributed by atoms with E-state index < -0.39 is 0 Å². The highest BCUT2D eigenvalue weighted by Crippen LogP contribution is 2.19. The molecule has 2 rings (SSSR count). The lowest BCUT2D eigenvalue weighted by molar-refractivity contribution is 0.564. The smallest absolute Gasteiger partial charge is 0.160 e. The van der Waals surface area contributed by atoms with Gasteiger partial charge in [0.2, 0.25) is 0 Å². The van der Waals surface area contributed by atoms with Crippen molar-refractivity contribution in [3.05, 3.63) is 42.0 Å². The van der Waals surface area contributed by atoms with Crippen LogP contribution in [0.25, 0.3) is 11.4 Å². The van der Waals surface area contributed by atoms with Gasteiger partial charge in [-0.05, 0) is 38.9 Å². The molecule has 100 valence electrons. The van der Waals surface area contributed by atoms with Crippen LogP contribution in [0.5, 0.6) is 0 Å². The molecule has 19 heavy (non-hydrogen) atoms. The van der Waals surface area contributed by atoms with Gasteiger partial charge in [0.05, 0.1) is 0 Å². The summed E-state index contributed by atoms with van der Waals surface area (Å²) in [5.74, 6) is 0.733. The van der Waals surface area contributed by atoms with Gasteiger partial charge in [0.25, 0.3) is 0 Å². The van der Waals surface area contributed by atoms with Gasteiger partial charge >= 0.3 is 0 Å². The molecule has 2 aromatic heterocycles. The summed E-state index contributed by atoms with van der Waals surface area (Å²) in [6.45, 7) is 7.34. The summed E-state index contributed by atoms with van der Waals surface area (Å²) in [7, 11) is 0. The maximum absolute atomic E-state index is 4.58. The number of rotatable bonds is 5. The minimum Gasteiger partial charge on any atom is -0.310 e. The van der Waals surface area contributed by atoms with Gasteiger partial charge < -0.3 is 5.32 Å². The quantitative estimate of drug-likeness (QED) is 0.893. The van der Waals surface area contributed by atoms with E-state index in [0.29, 0.717) is 0 Å². The van der Waals surface area contributed by atoms with Crippen molar-refractivity contribution >= 4 is 0 Å². The predicted molar refractivity (Wildman–Crippen MR) is 76.7 cm³/mol. The summed E-state index contributed by atoms with van der Waals surface area (Å²) >= 11 is 0. The van der Waals surface area contributed by atoms with E-state index in [-0.39, 0.29) is 6.04 Å². The molecule has 0 aliphatic heterocycles. The Labute approximate surface area is 114 Å². The fourth-order valence-electron chi connectivity index (χ4n) is 2.01. The Kier molecular flexibility index (Phi) is 4.58. The standard InChI is InChI=1S/C15H20N4/c1-4-7-17-11(2)14-10-18-15(19-12(14)3)13-6-5-8-16-9-13/h5-6,8-11,17H,4,7H2,1-3H3. The van der Waals surface area contributed by atoms with E-state index in [9.17, 15) is 0 Å². The molecule has 0 bridgehead atoms. The van der Waals surface area contributed by atoms with Gasteiger partial charge in [0, 0.05) is 41.5 Å². The molecule has 1 unspecified atom stereocenters. The van der Waals surface area contributed by atoms with Crippen LogP contribution < -0.4 is 5.32 Å². The lowest BCUT2D eigenvalue weighted by Crippen LogP contribution is -2.20. The fraction of sp³-hybridized carbons (Fsp3) is 0.400. The Hall–Kier alpha value is -1.81. The number of nitrogens with zero attached hydrogens (tertiary/aromatic N) is 3. The molecule has 0 aromatic carbocycles. The van der Waals surface area contributed by atoms with Gasteiger partial charge in [-0.25, -0.2) is 9.97 Å². The zero-order valence-electron chi connectivity index (χ0n) is 11.7. The Balaban J connectivity index is 2.22. The van der Waals surface area contributed by atoms with Gasteiger partial charge in [-0.1, -0.05) is 6.92 Å². The average molecular weight is 256 g/mol. The van der Waals surface area contributed by atoms with E-state index in [2.05, 4.69) is 34.1 Å². The van der Waals surface area contributed by atoms with E-state index in [1.54, 1.807) is 12.4 Å². The van der Waals surface area contributed by atoms with Crippen molar-refractivity contribution in [1.29, 1.82) is 0 Å². The summed E-state index contributed by atoms with van der Waals surface area (Å²) in [4.78, 5) is 13.1. The molecule has 0 amide bonds. The third kappa shape index (κ3) is 3.35. The molecule has 0 aliphatic rings. The topological polar surface area (TPSA) is 50.7 Å². The van der Waals surface area contributed by atoms with Crippen LogP contribution in [0.2, 0.25) is 0 Å². The lowest BCUT2D eigenvalue weighted by Gasteiger charge is -2.15. The van der Waals surface area contributed by atoms with Crippen molar-refractivity contribution in [3.8, 4) is 11.4 Å². The normalized spacial score (nSPS) is 12.4. The molecule has 2 heterocycles. The van der Waals surface area contributed by atoms with Gasteiger partial charge in [-0.15, -0.1) is 0 Å². The zero-order valence-corrected chi connectivity index (χ0v) is 11.7. The molecule has 1 atom stereocenters. The lowest BCUT2D eigenvalue weighted by atomic mass is 10.1. The number of aromatic nitrogens is 3. The number of pyridine rings is 1. The molecule has 0 aliphatic carbocycles. The summed E-state index contributed by atoms with van der Waals surface area (Å²) in [6.07, 6.45) is 6.57. The van der Waals surface area contributed by atoms with Crippen LogP contribution in [-0.2, 0) is 0 Å². The first-order valence-electron chi connectivity index (χ1n) is 6.69. The molecule has 2 aromatic rings. The first-order chi connectivity index (χ1) is 9.22. The summed E-state index contributed by atoms with van der Waals surface area (Å²) < 4.78 is 0. The van der Waals surface area contributed by atoms with Gasteiger partial charge in [0.15, 0.2) is 5.82 Å². The Morgan fingerprint density at radius 2 is 2.16 bits per heavy atom. The molecule has 0 radical (unpaired) electrons. The maximum Gasteiger partial charge on any atom is 0.160 e. The molecule has 1 N–H and O–H groups in total. The highest BCUT2D eigenvalue weighted by atomic mass is 14.9. The molecule has 0 saturated heterocycles. The SMILES string of the molecule is CCCNC(C)c1cnc(-c2cccnc2)nc1C. The Bertz CT molecular complexity index is 525. The second-order valence-corrected chi connectivity index (χ2v) is 4.65. The largest absolute Gasteiger partial charge is 0.310 e. The van der Waals surface area contributed by atoms with Crippen molar-refractivity contribution in [3.63, 3.8) is 0 Å². The van der Waals surface area contributed by atoms with E-state index in [1.165, 1.54) is 0 Å². The fourth-order valence-corrected chi connectivity index (χ4v) is 2.01. The zero-order chi connectivity index (χ0) is 13.7. The molecule has 0 spiro atoms. The first kappa shape index (κ1) is 13.6. The maximum atomic E-state index is 4.58. The predicted octanol–water partition coefficient (Wildman–Crippen LogP) is 2.91. The molecular formula is C15H20N4. The molecule has 4 heteroatoms. The summed E-state index contributed by atoms with van der Waals surface area (Å²) in [6, 6.07) is 4.15. The van der Waals surface area contributed by atoms with Crippen LogP contribution in [0.1, 0.15) is 37.6 Å². The second-order valence-electron chi connectivity index (χ2n) is 4.65. The highest BCUT2D eigenvalue weighted by Gasteiger charge is 2.11. The molecule has 4 nitrogen and oxygen atoms in total. The van der Waals surface area contributed by atoms with Crippen molar-refractivity contribution in [2.45, 2.75) is 33.2 Å². The third-order valence-electron chi connectivity index (χ3n) is 3.10. The monoisotopic (exact) mass is 256 g/mol. The summed E-state index contributed by atoms with van der Waals surface area (Å²) in [5.41, 5.74) is 3.12. The molecular weight excluding hydrogens is 236 g/mol. The first-order valence-corrected chi connectivity index (χ1v) is 6.69. The van der Waals surface area contributed by atoms with Crippen LogP contribution in [-0.4, -0.2) is 21.5 Å². The van der Waals surface area contributed by atoms with E-state index in [4.69, 9.17) is 0 Å². The minimum atomic E-state index is 0.280. The minimum absolute atomic E-state index is 0.280. The van der Waals surface area contributed by atoms with Gasteiger partial charge in [-0.2, -0.15) is 0 Å². The van der Waals surface area contributed by atoms with Crippen molar-refractivity contribution in [1.82, 2.24) is 20.3 Å². The number of aryl methyl sites for hydroxylation is 1. The Morgan fingerprint density at radius 3 is 2.79 bits per heavy atom.